The highest BCUT2D eigenvalue weighted by molar-refractivity contribution is 7.15. The topological polar surface area (TPSA) is 71.1 Å². The third-order valence-corrected chi connectivity index (χ3v) is 4.55. The van der Waals surface area contributed by atoms with Crippen molar-refractivity contribution in [2.24, 2.45) is 5.41 Å². The minimum absolute atomic E-state index is 0.0248. The summed E-state index contributed by atoms with van der Waals surface area (Å²) in [5, 5.41) is 6.14. The highest BCUT2D eigenvalue weighted by Crippen LogP contribution is 2.21. The molecule has 2 rings (SSSR count). The van der Waals surface area contributed by atoms with E-state index in [9.17, 15) is 14.0 Å². The highest BCUT2D eigenvalue weighted by Gasteiger charge is 2.20. The average Bonchev–Trinajstić information content (AvgIpc) is 2.99. The van der Waals surface area contributed by atoms with Gasteiger partial charge in [-0.25, -0.2) is 9.37 Å². The zero-order valence-electron chi connectivity index (χ0n) is 15.3. The molecule has 2 amide bonds. The first-order valence-electron chi connectivity index (χ1n) is 8.51. The average molecular weight is 377 g/mol. The van der Waals surface area contributed by atoms with Crippen LogP contribution in [0.25, 0.3) is 0 Å². The maximum atomic E-state index is 12.9. The van der Waals surface area contributed by atoms with Crippen molar-refractivity contribution in [2.75, 3.05) is 11.9 Å². The number of thiazole rings is 1. The van der Waals surface area contributed by atoms with Crippen LogP contribution in [0.2, 0.25) is 0 Å². The molecule has 0 aliphatic rings. The summed E-state index contributed by atoms with van der Waals surface area (Å²) < 4.78 is 12.9. The Morgan fingerprint density at radius 3 is 2.54 bits per heavy atom. The van der Waals surface area contributed by atoms with Crippen molar-refractivity contribution >= 4 is 28.3 Å². The predicted molar refractivity (Wildman–Crippen MR) is 102 cm³/mol. The van der Waals surface area contributed by atoms with Gasteiger partial charge in [-0.2, -0.15) is 0 Å². The second kappa shape index (κ2) is 8.89. The fraction of sp³-hybridized carbons (Fsp3) is 0.421. The van der Waals surface area contributed by atoms with E-state index in [1.54, 1.807) is 18.3 Å². The Labute approximate surface area is 157 Å². The van der Waals surface area contributed by atoms with Gasteiger partial charge in [-0.15, -0.1) is 11.3 Å². The number of carbonyl (C=O) groups is 2. The number of aromatic nitrogens is 1. The van der Waals surface area contributed by atoms with Crippen LogP contribution in [0, 0.1) is 11.2 Å². The standard InChI is InChI=1S/C19H24FN3O2S/c1-19(2,3)17(25)21-10-4-5-16(24)23-18-22-12-15(26-18)11-13-6-8-14(20)9-7-13/h6-9,12H,4-5,10-11H2,1-3H3,(H,21,25)(H,22,23,24). The normalized spacial score (nSPS) is 11.2. The second-order valence-electron chi connectivity index (χ2n) is 7.09. The number of nitrogens with one attached hydrogen (secondary N) is 2. The van der Waals surface area contributed by atoms with Crippen molar-refractivity contribution in [1.29, 1.82) is 0 Å². The summed E-state index contributed by atoms with van der Waals surface area (Å²) in [6.45, 7) is 6.01. The van der Waals surface area contributed by atoms with Crippen molar-refractivity contribution in [2.45, 2.75) is 40.0 Å². The number of hydrogen-bond acceptors (Lipinski definition) is 4. The summed E-state index contributed by atoms with van der Waals surface area (Å²) >= 11 is 1.40. The van der Waals surface area contributed by atoms with Crippen molar-refractivity contribution in [3.63, 3.8) is 0 Å². The SMILES string of the molecule is CC(C)(C)C(=O)NCCCC(=O)Nc1ncc(Cc2ccc(F)cc2)s1. The lowest BCUT2D eigenvalue weighted by Crippen LogP contribution is -2.35. The number of anilines is 1. The molecule has 0 saturated carbocycles. The zero-order chi connectivity index (χ0) is 19.2. The minimum atomic E-state index is -0.427. The number of rotatable bonds is 7. The van der Waals surface area contributed by atoms with E-state index in [1.807, 2.05) is 20.8 Å². The summed E-state index contributed by atoms with van der Waals surface area (Å²) in [5.74, 6) is -0.411. The van der Waals surface area contributed by atoms with E-state index >= 15 is 0 Å². The molecule has 0 aliphatic heterocycles. The van der Waals surface area contributed by atoms with Gasteiger partial charge in [0.05, 0.1) is 0 Å². The molecule has 1 aromatic carbocycles. The molecule has 0 bridgehead atoms. The first-order valence-corrected chi connectivity index (χ1v) is 9.33. The van der Waals surface area contributed by atoms with Crippen LogP contribution in [0.1, 0.15) is 44.1 Å². The van der Waals surface area contributed by atoms with Crippen molar-refractivity contribution in [1.82, 2.24) is 10.3 Å². The molecule has 0 spiro atoms. The third-order valence-electron chi connectivity index (χ3n) is 3.64. The van der Waals surface area contributed by atoms with E-state index in [4.69, 9.17) is 0 Å². The van der Waals surface area contributed by atoms with Gasteiger partial charge in [0.25, 0.3) is 0 Å². The predicted octanol–water partition coefficient (Wildman–Crippen LogP) is 3.75. The molecule has 1 heterocycles. The van der Waals surface area contributed by atoms with Crippen LogP contribution >= 0.6 is 11.3 Å². The van der Waals surface area contributed by atoms with Crippen LogP contribution < -0.4 is 10.6 Å². The van der Waals surface area contributed by atoms with Gasteiger partial charge in [-0.3, -0.25) is 9.59 Å². The molecule has 1 aromatic heterocycles. The van der Waals surface area contributed by atoms with Crippen LogP contribution in [-0.4, -0.2) is 23.3 Å². The molecular formula is C19H24FN3O2S. The lowest BCUT2D eigenvalue weighted by molar-refractivity contribution is -0.128. The molecule has 0 unspecified atom stereocenters. The molecule has 0 fully saturated rings. The summed E-state index contributed by atoms with van der Waals surface area (Å²) in [5.41, 5.74) is 0.562. The summed E-state index contributed by atoms with van der Waals surface area (Å²) in [7, 11) is 0. The van der Waals surface area contributed by atoms with E-state index in [0.29, 0.717) is 30.9 Å². The molecule has 7 heteroatoms. The van der Waals surface area contributed by atoms with Gasteiger partial charge < -0.3 is 10.6 Å². The Hall–Kier alpha value is -2.28. The van der Waals surface area contributed by atoms with Crippen molar-refractivity contribution in [3.05, 3.63) is 46.7 Å². The lowest BCUT2D eigenvalue weighted by atomic mass is 9.96. The first-order chi connectivity index (χ1) is 12.2. The fourth-order valence-electron chi connectivity index (χ4n) is 2.15. The fourth-order valence-corrected chi connectivity index (χ4v) is 3.01. The molecule has 26 heavy (non-hydrogen) atoms. The molecule has 0 atom stereocenters. The summed E-state index contributed by atoms with van der Waals surface area (Å²) in [6, 6.07) is 6.33. The van der Waals surface area contributed by atoms with Crippen LogP contribution in [0.15, 0.2) is 30.5 Å². The van der Waals surface area contributed by atoms with Crippen LogP contribution in [-0.2, 0) is 16.0 Å². The zero-order valence-corrected chi connectivity index (χ0v) is 16.1. The summed E-state index contributed by atoms with van der Waals surface area (Å²) in [6.07, 6.45) is 3.25. The molecule has 0 radical (unpaired) electrons. The Morgan fingerprint density at radius 2 is 1.88 bits per heavy atom. The van der Waals surface area contributed by atoms with Gasteiger partial charge in [0.15, 0.2) is 5.13 Å². The molecule has 0 saturated heterocycles. The van der Waals surface area contributed by atoms with E-state index in [-0.39, 0.29) is 17.6 Å². The molecule has 140 valence electrons. The van der Waals surface area contributed by atoms with E-state index in [2.05, 4.69) is 15.6 Å². The Kier molecular flexibility index (Phi) is 6.85. The molecule has 2 aromatic rings. The molecule has 0 aliphatic carbocycles. The van der Waals surface area contributed by atoms with E-state index in [0.717, 1.165) is 10.4 Å². The largest absolute Gasteiger partial charge is 0.356 e. The quantitative estimate of drug-likeness (QED) is 0.722. The van der Waals surface area contributed by atoms with Gasteiger partial charge in [0.1, 0.15) is 5.82 Å². The first kappa shape index (κ1) is 20.0. The molecule has 2 N–H and O–H groups in total. The second-order valence-corrected chi connectivity index (χ2v) is 8.21. The minimum Gasteiger partial charge on any atom is -0.356 e. The number of halogens is 1. The smallest absolute Gasteiger partial charge is 0.226 e. The van der Waals surface area contributed by atoms with Gasteiger partial charge in [0.2, 0.25) is 11.8 Å². The van der Waals surface area contributed by atoms with Gasteiger partial charge in [-0.1, -0.05) is 32.9 Å². The van der Waals surface area contributed by atoms with Gasteiger partial charge in [-0.05, 0) is 24.1 Å². The number of benzene rings is 1. The maximum absolute atomic E-state index is 12.9. The van der Waals surface area contributed by atoms with Gasteiger partial charge in [0, 0.05) is 35.9 Å². The van der Waals surface area contributed by atoms with Crippen LogP contribution in [0.4, 0.5) is 9.52 Å². The molecular weight excluding hydrogens is 353 g/mol. The number of hydrogen-bond donors (Lipinski definition) is 2. The van der Waals surface area contributed by atoms with Gasteiger partial charge >= 0.3 is 0 Å². The number of amides is 2. The van der Waals surface area contributed by atoms with Crippen LogP contribution in [0.5, 0.6) is 0 Å². The lowest BCUT2D eigenvalue weighted by Gasteiger charge is -2.17. The van der Waals surface area contributed by atoms with E-state index < -0.39 is 5.41 Å². The Bertz CT molecular complexity index is 751. The van der Waals surface area contributed by atoms with E-state index in [1.165, 1.54) is 23.5 Å². The number of nitrogens with zero attached hydrogens (tertiary/aromatic N) is 1. The highest BCUT2D eigenvalue weighted by atomic mass is 32.1. The maximum Gasteiger partial charge on any atom is 0.226 e. The van der Waals surface area contributed by atoms with Crippen LogP contribution in [0.3, 0.4) is 0 Å². The monoisotopic (exact) mass is 377 g/mol. The summed E-state index contributed by atoms with van der Waals surface area (Å²) in [4.78, 5) is 28.9. The number of carbonyl (C=O) groups excluding carboxylic acids is 2. The molecule has 5 nitrogen and oxygen atoms in total. The Balaban J connectivity index is 1.73. The van der Waals surface area contributed by atoms with Crippen molar-refractivity contribution < 1.29 is 14.0 Å². The Morgan fingerprint density at radius 1 is 1.19 bits per heavy atom. The van der Waals surface area contributed by atoms with Crippen molar-refractivity contribution in [3.8, 4) is 0 Å². The third kappa shape index (κ3) is 6.55.